The Kier molecular flexibility index (Phi) is 4.22. The normalized spacial score (nSPS) is 8.67. The molecule has 1 heterocycles. The first-order valence-electron chi connectivity index (χ1n) is 2.66. The molecule has 0 aromatic carbocycles. The summed E-state index contributed by atoms with van der Waals surface area (Å²) in [6, 6.07) is 0.795. The fraction of sp³-hybridized carbons (Fsp3) is 0. The number of aromatic amines is 2. The molecule has 7 heteroatoms. The Morgan fingerprint density at radius 1 is 1.33 bits per heavy atom. The zero-order chi connectivity index (χ0) is 8.43. The van der Waals surface area contributed by atoms with Crippen molar-refractivity contribution < 1.29 is 9.90 Å². The number of aromatic nitrogens is 2. The maximum atomic E-state index is 10.5. The Morgan fingerprint density at radius 2 is 1.92 bits per heavy atom. The van der Waals surface area contributed by atoms with Crippen molar-refractivity contribution >= 4 is 43.7 Å². The van der Waals surface area contributed by atoms with Gasteiger partial charge in [0.1, 0.15) is 5.69 Å². The van der Waals surface area contributed by atoms with Gasteiger partial charge in [-0.3, -0.25) is 9.78 Å². The number of carbonyl (C=O) groups is 1. The maximum absolute atomic E-state index is 10.5. The Hall–Kier alpha value is -0.590. The first-order chi connectivity index (χ1) is 5.09. The molecule has 0 bridgehead atoms. The molecule has 6 nitrogen and oxygen atoms in total. The van der Waals surface area contributed by atoms with Crippen LogP contribution in [0.2, 0.25) is 0 Å². The third kappa shape index (κ3) is 2.80. The molecule has 0 aliphatic rings. The molecule has 1 aromatic rings. The number of carboxylic acid groups (broad SMARTS) is 1. The Morgan fingerprint density at radius 3 is 2.33 bits per heavy atom. The number of carboxylic acids is 1. The quantitative estimate of drug-likeness (QED) is 0.447. The molecule has 0 amide bonds. The Labute approximate surface area is 95.6 Å². The van der Waals surface area contributed by atoms with Crippen molar-refractivity contribution in [3.05, 3.63) is 32.6 Å². The standard InChI is InChI=1S/C5H4N2O4.Ca.2H/c8-3-1-2(4(9)10)6-5(11)7-3;;;/h1H,(H,9,10)(H2,6,7,8,11);;;. The summed E-state index contributed by atoms with van der Waals surface area (Å²) in [5.74, 6) is -1.34. The van der Waals surface area contributed by atoms with Crippen LogP contribution >= 0.6 is 0 Å². The minimum absolute atomic E-state index is 0. The van der Waals surface area contributed by atoms with Gasteiger partial charge in [-0.05, 0) is 0 Å². The fourth-order valence-electron chi connectivity index (χ4n) is 0.584. The van der Waals surface area contributed by atoms with Gasteiger partial charge in [0.25, 0.3) is 5.56 Å². The number of H-pyrrole nitrogens is 2. The minimum atomic E-state index is -1.34. The summed E-state index contributed by atoms with van der Waals surface area (Å²) >= 11 is 0. The fourth-order valence-corrected chi connectivity index (χ4v) is 0.584. The summed E-state index contributed by atoms with van der Waals surface area (Å²) < 4.78 is 0. The first-order valence-corrected chi connectivity index (χ1v) is 2.66. The Bertz CT molecular complexity index is 365. The monoisotopic (exact) mass is 198 g/mol. The van der Waals surface area contributed by atoms with Gasteiger partial charge in [-0.15, -0.1) is 0 Å². The van der Waals surface area contributed by atoms with Gasteiger partial charge in [0, 0.05) is 6.07 Å². The van der Waals surface area contributed by atoms with Crippen molar-refractivity contribution in [2.75, 3.05) is 0 Å². The summed E-state index contributed by atoms with van der Waals surface area (Å²) in [5.41, 5.74) is -1.97. The molecule has 12 heavy (non-hydrogen) atoms. The number of nitrogens with one attached hydrogen (secondary N) is 2. The molecule has 0 saturated carbocycles. The van der Waals surface area contributed by atoms with Crippen molar-refractivity contribution in [1.29, 1.82) is 0 Å². The van der Waals surface area contributed by atoms with Crippen LogP contribution in [0.15, 0.2) is 15.7 Å². The predicted molar refractivity (Wildman–Crippen MR) is 43.2 cm³/mol. The van der Waals surface area contributed by atoms with E-state index in [9.17, 15) is 14.4 Å². The van der Waals surface area contributed by atoms with Crippen LogP contribution in [0.5, 0.6) is 0 Å². The molecule has 0 fully saturated rings. The Balaban J connectivity index is 0.00000121. The van der Waals surface area contributed by atoms with Crippen molar-refractivity contribution in [1.82, 2.24) is 9.97 Å². The van der Waals surface area contributed by atoms with E-state index in [1.165, 1.54) is 0 Å². The van der Waals surface area contributed by atoms with E-state index in [0.717, 1.165) is 6.07 Å². The van der Waals surface area contributed by atoms with Crippen LogP contribution in [-0.4, -0.2) is 58.8 Å². The van der Waals surface area contributed by atoms with Crippen LogP contribution in [0.4, 0.5) is 0 Å². The summed E-state index contributed by atoms with van der Waals surface area (Å²) in [6.07, 6.45) is 0. The molecular formula is C5H6CaN2O4. The van der Waals surface area contributed by atoms with Gasteiger partial charge in [0.15, 0.2) is 0 Å². The van der Waals surface area contributed by atoms with Gasteiger partial charge in [-0.1, -0.05) is 0 Å². The predicted octanol–water partition coefficient (Wildman–Crippen LogP) is -2.15. The topological polar surface area (TPSA) is 103 Å². The van der Waals surface area contributed by atoms with E-state index in [2.05, 4.69) is 0 Å². The van der Waals surface area contributed by atoms with Crippen LogP contribution in [0.1, 0.15) is 10.5 Å². The van der Waals surface area contributed by atoms with E-state index in [0.29, 0.717) is 0 Å². The van der Waals surface area contributed by atoms with Crippen LogP contribution in [0.25, 0.3) is 0 Å². The van der Waals surface area contributed by atoms with Crippen molar-refractivity contribution in [2.24, 2.45) is 0 Å². The molecule has 1 aromatic heterocycles. The van der Waals surface area contributed by atoms with E-state index >= 15 is 0 Å². The van der Waals surface area contributed by atoms with Crippen molar-refractivity contribution in [3.63, 3.8) is 0 Å². The van der Waals surface area contributed by atoms with Crippen molar-refractivity contribution in [3.8, 4) is 0 Å². The van der Waals surface area contributed by atoms with E-state index in [4.69, 9.17) is 5.11 Å². The zero-order valence-electron chi connectivity index (χ0n) is 5.25. The molecule has 0 atom stereocenters. The first kappa shape index (κ1) is 11.4. The van der Waals surface area contributed by atoms with Crippen molar-refractivity contribution in [2.45, 2.75) is 0 Å². The van der Waals surface area contributed by atoms with Gasteiger partial charge < -0.3 is 10.1 Å². The van der Waals surface area contributed by atoms with Crippen LogP contribution in [0, 0.1) is 0 Å². The van der Waals surface area contributed by atoms with E-state index in [-0.39, 0.29) is 37.7 Å². The average molecular weight is 198 g/mol. The number of rotatable bonds is 1. The van der Waals surface area contributed by atoms with Gasteiger partial charge in [-0.2, -0.15) is 0 Å². The zero-order valence-corrected chi connectivity index (χ0v) is 5.25. The second-order valence-electron chi connectivity index (χ2n) is 1.81. The third-order valence-corrected chi connectivity index (χ3v) is 0.991. The van der Waals surface area contributed by atoms with Gasteiger partial charge >= 0.3 is 49.4 Å². The summed E-state index contributed by atoms with van der Waals surface area (Å²) in [6.45, 7) is 0. The second-order valence-corrected chi connectivity index (χ2v) is 1.81. The molecule has 1 rings (SSSR count). The van der Waals surface area contributed by atoms with Crippen LogP contribution < -0.4 is 11.2 Å². The third-order valence-electron chi connectivity index (χ3n) is 0.991. The molecule has 0 aliphatic heterocycles. The molecular weight excluding hydrogens is 192 g/mol. The van der Waals surface area contributed by atoms with Crippen LogP contribution in [-0.2, 0) is 0 Å². The molecule has 0 aliphatic carbocycles. The molecule has 0 radical (unpaired) electrons. The van der Waals surface area contributed by atoms with Gasteiger partial charge in [-0.25, -0.2) is 9.59 Å². The second kappa shape index (κ2) is 4.44. The van der Waals surface area contributed by atoms with E-state index in [1.807, 2.05) is 9.97 Å². The molecule has 3 N–H and O–H groups in total. The van der Waals surface area contributed by atoms with E-state index < -0.39 is 22.9 Å². The summed E-state index contributed by atoms with van der Waals surface area (Å²) in [7, 11) is 0. The summed E-state index contributed by atoms with van der Waals surface area (Å²) in [5, 5.41) is 8.31. The molecule has 0 spiro atoms. The number of aromatic carboxylic acids is 1. The number of hydrogen-bond donors (Lipinski definition) is 3. The van der Waals surface area contributed by atoms with Crippen LogP contribution in [0.3, 0.4) is 0 Å². The molecule has 0 unspecified atom stereocenters. The summed E-state index contributed by atoms with van der Waals surface area (Å²) in [4.78, 5) is 34.9. The van der Waals surface area contributed by atoms with Gasteiger partial charge in [0.2, 0.25) is 0 Å². The van der Waals surface area contributed by atoms with Gasteiger partial charge in [0.05, 0.1) is 0 Å². The average Bonchev–Trinajstić information content (AvgIpc) is 1.85. The SMILES string of the molecule is O=C(O)c1cc(=O)[nH]c(=O)[nH]1.[CaH2]. The van der Waals surface area contributed by atoms with E-state index in [1.54, 1.807) is 0 Å². The molecule has 0 saturated heterocycles. The number of hydrogen-bond acceptors (Lipinski definition) is 3. The molecule has 62 valence electrons.